The maximum atomic E-state index is 6.35. The molecule has 0 radical (unpaired) electrons. The molecule has 28 heavy (non-hydrogen) atoms. The van der Waals surface area contributed by atoms with Gasteiger partial charge < -0.3 is 10.1 Å². The van der Waals surface area contributed by atoms with Crippen LogP contribution in [0.3, 0.4) is 0 Å². The van der Waals surface area contributed by atoms with E-state index in [4.69, 9.17) is 39.5 Å². The molecule has 2 aromatic heterocycles. The van der Waals surface area contributed by atoms with E-state index in [2.05, 4.69) is 25.5 Å². The molecule has 0 atom stereocenters. The first-order chi connectivity index (χ1) is 13.5. The predicted octanol–water partition coefficient (Wildman–Crippen LogP) is 5.54. The number of rotatable bonds is 7. The van der Waals surface area contributed by atoms with E-state index in [1.165, 1.54) is 6.07 Å². The van der Waals surface area contributed by atoms with Crippen LogP contribution >= 0.6 is 34.8 Å². The molecule has 0 aliphatic carbocycles. The number of hydrogen-bond acceptors (Lipinski definition) is 6. The number of nitrogens with zero attached hydrogens (tertiary/aromatic N) is 4. The predicted molar refractivity (Wildman–Crippen MR) is 112 cm³/mol. The zero-order chi connectivity index (χ0) is 20.1. The molecule has 1 N–H and O–H groups in total. The lowest BCUT2D eigenvalue weighted by molar-refractivity contribution is 0.455. The van der Waals surface area contributed by atoms with Crippen LogP contribution in [0.4, 0.5) is 5.82 Å². The minimum atomic E-state index is 0.209. The SMILES string of the molecule is CCc1nc(C)nc(NCCc2ccc(Oc3nnc(Cl)cc3Cl)cc2)c1Cl. The Morgan fingerprint density at radius 1 is 1.04 bits per heavy atom. The van der Waals surface area contributed by atoms with Gasteiger partial charge in [-0.15, -0.1) is 10.2 Å². The number of benzene rings is 1. The van der Waals surface area contributed by atoms with Crippen LogP contribution in [0.15, 0.2) is 30.3 Å². The fourth-order valence-corrected chi connectivity index (χ4v) is 3.20. The van der Waals surface area contributed by atoms with Crippen molar-refractivity contribution in [3.8, 4) is 11.6 Å². The second-order valence-electron chi connectivity index (χ2n) is 5.98. The molecule has 0 amide bonds. The zero-order valence-corrected chi connectivity index (χ0v) is 17.6. The Morgan fingerprint density at radius 3 is 2.46 bits per heavy atom. The van der Waals surface area contributed by atoms with Crippen LogP contribution in [0.25, 0.3) is 0 Å². The van der Waals surface area contributed by atoms with Crippen LogP contribution in [-0.2, 0) is 12.8 Å². The molecule has 3 aromatic rings. The molecule has 146 valence electrons. The largest absolute Gasteiger partial charge is 0.436 e. The average Bonchev–Trinajstić information content (AvgIpc) is 2.67. The Kier molecular flexibility index (Phi) is 6.88. The summed E-state index contributed by atoms with van der Waals surface area (Å²) in [5.41, 5.74) is 1.98. The third-order valence-electron chi connectivity index (χ3n) is 3.90. The Hall–Kier alpha value is -2.15. The number of hydrogen-bond donors (Lipinski definition) is 1. The summed E-state index contributed by atoms with van der Waals surface area (Å²) < 4.78 is 5.63. The summed E-state index contributed by atoms with van der Waals surface area (Å²) >= 11 is 18.1. The van der Waals surface area contributed by atoms with Crippen LogP contribution in [-0.4, -0.2) is 26.7 Å². The summed E-state index contributed by atoms with van der Waals surface area (Å²) in [7, 11) is 0. The van der Waals surface area contributed by atoms with Gasteiger partial charge in [0.05, 0.1) is 5.69 Å². The summed E-state index contributed by atoms with van der Waals surface area (Å²) in [6, 6.07) is 9.12. The zero-order valence-electron chi connectivity index (χ0n) is 15.3. The Labute approximate surface area is 178 Å². The first-order valence-electron chi connectivity index (χ1n) is 8.68. The lowest BCUT2D eigenvalue weighted by atomic mass is 10.1. The lowest BCUT2D eigenvalue weighted by Gasteiger charge is -2.11. The lowest BCUT2D eigenvalue weighted by Crippen LogP contribution is -2.09. The van der Waals surface area contributed by atoms with E-state index in [9.17, 15) is 0 Å². The van der Waals surface area contributed by atoms with Crippen LogP contribution in [0, 0.1) is 6.92 Å². The normalized spacial score (nSPS) is 10.8. The van der Waals surface area contributed by atoms with E-state index >= 15 is 0 Å². The number of anilines is 1. The number of ether oxygens (including phenoxy) is 1. The van der Waals surface area contributed by atoms with Crippen LogP contribution in [0.5, 0.6) is 11.6 Å². The van der Waals surface area contributed by atoms with Gasteiger partial charge in [0.1, 0.15) is 27.4 Å². The van der Waals surface area contributed by atoms with Crippen LogP contribution < -0.4 is 10.1 Å². The highest BCUT2D eigenvalue weighted by Gasteiger charge is 2.10. The minimum absolute atomic E-state index is 0.209. The van der Waals surface area contributed by atoms with Crippen molar-refractivity contribution in [2.75, 3.05) is 11.9 Å². The molecule has 3 rings (SSSR count). The van der Waals surface area contributed by atoms with Gasteiger partial charge >= 0.3 is 0 Å². The monoisotopic (exact) mass is 437 g/mol. The van der Waals surface area contributed by atoms with Gasteiger partial charge in [-0.2, -0.15) is 0 Å². The van der Waals surface area contributed by atoms with E-state index in [1.54, 1.807) is 0 Å². The first-order valence-corrected chi connectivity index (χ1v) is 9.82. The molecule has 9 heteroatoms. The minimum Gasteiger partial charge on any atom is -0.436 e. The smallest absolute Gasteiger partial charge is 0.257 e. The van der Waals surface area contributed by atoms with Crippen molar-refractivity contribution in [2.45, 2.75) is 26.7 Å². The highest BCUT2D eigenvalue weighted by atomic mass is 35.5. The molecule has 0 saturated carbocycles. The molecule has 1 aromatic carbocycles. The standard InChI is InChI=1S/C19H18Cl3N5O/c1-3-15-17(22)18(25-11(2)24-15)23-9-8-12-4-6-13(7-5-12)28-19-14(20)10-16(21)26-27-19/h4-7,10H,3,8-9H2,1-2H3,(H,23,24,25). The quantitative estimate of drug-likeness (QED) is 0.522. The van der Waals surface area contributed by atoms with Gasteiger partial charge in [0, 0.05) is 12.6 Å². The summed E-state index contributed by atoms with van der Waals surface area (Å²) in [6.07, 6.45) is 1.56. The molecule has 0 fully saturated rings. The van der Waals surface area contributed by atoms with Crippen LogP contribution in [0.1, 0.15) is 24.0 Å². The number of halogens is 3. The third-order valence-corrected chi connectivity index (χ3v) is 4.75. The van der Waals surface area contributed by atoms with E-state index in [-0.39, 0.29) is 11.0 Å². The molecule has 0 aliphatic heterocycles. The number of aromatic nitrogens is 4. The van der Waals surface area contributed by atoms with Gasteiger partial charge in [0.2, 0.25) is 0 Å². The summed E-state index contributed by atoms with van der Waals surface area (Å²) in [4.78, 5) is 8.73. The molecule has 0 spiro atoms. The van der Waals surface area contributed by atoms with Gasteiger partial charge in [-0.1, -0.05) is 53.9 Å². The molecule has 6 nitrogen and oxygen atoms in total. The number of nitrogens with one attached hydrogen (secondary N) is 1. The van der Waals surface area contributed by atoms with Crippen molar-refractivity contribution < 1.29 is 4.74 Å². The average molecular weight is 439 g/mol. The maximum absolute atomic E-state index is 6.35. The fraction of sp³-hybridized carbons (Fsp3) is 0.263. The molecular weight excluding hydrogens is 421 g/mol. The topological polar surface area (TPSA) is 72.8 Å². The summed E-state index contributed by atoms with van der Waals surface area (Å²) in [5.74, 6) is 2.19. The molecular formula is C19H18Cl3N5O. The van der Waals surface area contributed by atoms with Gasteiger partial charge in [-0.05, 0) is 37.5 Å². The van der Waals surface area contributed by atoms with Gasteiger partial charge in [-0.3, -0.25) is 0 Å². The van der Waals surface area contributed by atoms with Crippen molar-refractivity contribution >= 4 is 40.6 Å². The van der Waals surface area contributed by atoms with Crippen molar-refractivity contribution in [2.24, 2.45) is 0 Å². The maximum Gasteiger partial charge on any atom is 0.257 e. The second-order valence-corrected chi connectivity index (χ2v) is 7.15. The Morgan fingerprint density at radius 2 is 1.79 bits per heavy atom. The fourth-order valence-electron chi connectivity index (χ4n) is 2.53. The van der Waals surface area contributed by atoms with Gasteiger partial charge in [0.15, 0.2) is 5.15 Å². The molecule has 0 saturated heterocycles. The second kappa shape index (κ2) is 9.37. The van der Waals surface area contributed by atoms with Crippen molar-refractivity contribution in [1.82, 2.24) is 20.2 Å². The third kappa shape index (κ3) is 5.22. The highest BCUT2D eigenvalue weighted by Crippen LogP contribution is 2.28. The van der Waals surface area contributed by atoms with Crippen molar-refractivity contribution in [1.29, 1.82) is 0 Å². The summed E-state index contributed by atoms with van der Waals surface area (Å²) in [6.45, 7) is 4.56. The molecule has 0 aliphatic rings. The Bertz CT molecular complexity index is 967. The van der Waals surface area contributed by atoms with Gasteiger partial charge in [-0.25, -0.2) is 9.97 Å². The summed E-state index contributed by atoms with van der Waals surface area (Å²) in [5, 5.41) is 11.9. The highest BCUT2D eigenvalue weighted by molar-refractivity contribution is 6.34. The molecule has 0 bridgehead atoms. The van der Waals surface area contributed by atoms with E-state index in [1.807, 2.05) is 38.1 Å². The van der Waals surface area contributed by atoms with Gasteiger partial charge in [0.25, 0.3) is 5.88 Å². The van der Waals surface area contributed by atoms with E-state index < -0.39 is 0 Å². The van der Waals surface area contributed by atoms with Crippen molar-refractivity contribution in [3.05, 3.63) is 62.6 Å². The molecule has 0 unspecified atom stereocenters. The first kappa shape index (κ1) is 20.6. The Balaban J connectivity index is 1.58. The van der Waals surface area contributed by atoms with E-state index in [0.29, 0.717) is 34.0 Å². The van der Waals surface area contributed by atoms with Crippen LogP contribution in [0.2, 0.25) is 15.2 Å². The molecule has 2 heterocycles. The van der Waals surface area contributed by atoms with E-state index in [0.717, 1.165) is 24.1 Å². The van der Waals surface area contributed by atoms with Crippen molar-refractivity contribution in [3.63, 3.8) is 0 Å². The number of aryl methyl sites for hydroxylation is 2.